The highest BCUT2D eigenvalue weighted by Gasteiger charge is 2.37. The molecular formula is C33H41N3O4. The zero-order valence-electron chi connectivity index (χ0n) is 23.6. The van der Waals surface area contributed by atoms with E-state index < -0.39 is 0 Å². The van der Waals surface area contributed by atoms with Crippen molar-refractivity contribution >= 4 is 5.91 Å². The van der Waals surface area contributed by atoms with Gasteiger partial charge in [0.05, 0.1) is 12.8 Å². The minimum absolute atomic E-state index is 0.0428. The van der Waals surface area contributed by atoms with E-state index in [0.29, 0.717) is 12.4 Å². The molecule has 7 nitrogen and oxygen atoms in total. The molecule has 5 rings (SSSR count). The molecule has 0 radical (unpaired) electrons. The van der Waals surface area contributed by atoms with Crippen LogP contribution >= 0.6 is 0 Å². The molecule has 0 atom stereocenters. The van der Waals surface area contributed by atoms with Crippen LogP contribution < -0.4 is 14.2 Å². The topological polar surface area (TPSA) is 64.1 Å². The Hall–Kier alpha value is -3.58. The number of amides is 1. The molecule has 0 aliphatic carbocycles. The van der Waals surface area contributed by atoms with Crippen molar-refractivity contribution in [3.05, 3.63) is 84.2 Å². The first-order chi connectivity index (χ1) is 19.6. The number of benzene rings is 2. The van der Waals surface area contributed by atoms with Gasteiger partial charge in [0.2, 0.25) is 0 Å². The van der Waals surface area contributed by atoms with E-state index >= 15 is 0 Å². The maximum Gasteiger partial charge on any atom is 0.260 e. The standard InChI is InChI=1S/C33H41N3O4/c1-38-29-12-8-13-30(23-29)40-25-32(37)36-19-16-33(17-20-36)15-6-4-10-27-9-2-3-14-31(27)39-22-21-35(26-33)24-28-11-5-7-18-34-28/h2-3,5,7-9,11-14,18,23H,4,6,10,15-17,19-22,24-26H2,1H3. The molecule has 0 bridgehead atoms. The van der Waals surface area contributed by atoms with Crippen LogP contribution in [0.15, 0.2) is 72.9 Å². The zero-order valence-corrected chi connectivity index (χ0v) is 23.6. The Bertz CT molecular complexity index is 1230. The second-order valence-corrected chi connectivity index (χ2v) is 11.0. The van der Waals surface area contributed by atoms with Gasteiger partial charge in [-0.2, -0.15) is 0 Å². The van der Waals surface area contributed by atoms with Crippen LogP contribution in [0.2, 0.25) is 0 Å². The molecule has 1 aromatic heterocycles. The Kier molecular flexibility index (Phi) is 9.55. The molecule has 0 N–H and O–H groups in total. The fourth-order valence-corrected chi connectivity index (χ4v) is 6.01. The number of aryl methyl sites for hydroxylation is 1. The Labute approximate surface area is 238 Å². The lowest BCUT2D eigenvalue weighted by atomic mass is 9.73. The summed E-state index contributed by atoms with van der Waals surface area (Å²) in [5.74, 6) is 2.42. The van der Waals surface area contributed by atoms with Gasteiger partial charge in [0.25, 0.3) is 5.91 Å². The van der Waals surface area contributed by atoms with Crippen LogP contribution in [0.25, 0.3) is 0 Å². The van der Waals surface area contributed by atoms with Crippen LogP contribution in [0.3, 0.4) is 0 Å². The van der Waals surface area contributed by atoms with Gasteiger partial charge in [-0.25, -0.2) is 0 Å². The SMILES string of the molecule is COc1cccc(OCC(=O)N2CCC3(CCCCc4ccccc4OCCN(Cc4ccccn4)C3)CC2)c1. The smallest absolute Gasteiger partial charge is 0.260 e. The number of methoxy groups -OCH3 is 1. The molecule has 3 aromatic rings. The van der Waals surface area contributed by atoms with Crippen molar-refractivity contribution in [1.29, 1.82) is 0 Å². The molecule has 212 valence electrons. The Morgan fingerprint density at radius 1 is 0.950 bits per heavy atom. The molecular weight excluding hydrogens is 502 g/mol. The largest absolute Gasteiger partial charge is 0.497 e. The Morgan fingerprint density at radius 2 is 1.77 bits per heavy atom. The van der Waals surface area contributed by atoms with Gasteiger partial charge in [-0.15, -0.1) is 0 Å². The number of likely N-dealkylation sites (tertiary alicyclic amines) is 1. The highest BCUT2D eigenvalue weighted by atomic mass is 16.5. The lowest BCUT2D eigenvalue weighted by molar-refractivity contribution is -0.136. The summed E-state index contributed by atoms with van der Waals surface area (Å²) in [4.78, 5) is 22.2. The average Bonchev–Trinajstić information content (AvgIpc) is 2.99. The molecule has 0 saturated carbocycles. The van der Waals surface area contributed by atoms with E-state index in [4.69, 9.17) is 14.2 Å². The summed E-state index contributed by atoms with van der Waals surface area (Å²) < 4.78 is 17.4. The van der Waals surface area contributed by atoms with Gasteiger partial charge >= 0.3 is 0 Å². The molecule has 1 fully saturated rings. The molecule has 0 unspecified atom stereocenters. The van der Waals surface area contributed by atoms with Crippen LogP contribution in [-0.4, -0.2) is 67.2 Å². The molecule has 40 heavy (non-hydrogen) atoms. The molecule has 2 aromatic carbocycles. The summed E-state index contributed by atoms with van der Waals surface area (Å²) in [6.45, 7) is 4.83. The number of pyridine rings is 1. The third-order valence-corrected chi connectivity index (χ3v) is 8.29. The van der Waals surface area contributed by atoms with Crippen molar-refractivity contribution in [2.75, 3.05) is 46.5 Å². The van der Waals surface area contributed by atoms with Gasteiger partial charge in [0.15, 0.2) is 6.61 Å². The highest BCUT2D eigenvalue weighted by molar-refractivity contribution is 5.77. The predicted molar refractivity (Wildman–Crippen MR) is 156 cm³/mol. The van der Waals surface area contributed by atoms with Crippen LogP contribution in [0.1, 0.15) is 43.4 Å². The number of hydrogen-bond acceptors (Lipinski definition) is 6. The first kappa shape index (κ1) is 28.0. The third kappa shape index (κ3) is 7.54. The summed E-state index contributed by atoms with van der Waals surface area (Å²) in [6.07, 6.45) is 8.36. The predicted octanol–water partition coefficient (Wildman–Crippen LogP) is 5.39. The number of piperidine rings is 1. The van der Waals surface area contributed by atoms with Gasteiger partial charge < -0.3 is 19.1 Å². The lowest BCUT2D eigenvalue weighted by Crippen LogP contribution is -2.49. The number of fused-ring (bicyclic) bond motifs is 1. The summed E-state index contributed by atoms with van der Waals surface area (Å²) in [5, 5.41) is 0. The molecule has 1 amide bonds. The van der Waals surface area contributed by atoms with Crippen molar-refractivity contribution in [2.24, 2.45) is 5.41 Å². The number of carbonyl (C=O) groups excluding carboxylic acids is 1. The fourth-order valence-electron chi connectivity index (χ4n) is 6.01. The molecule has 3 heterocycles. The third-order valence-electron chi connectivity index (χ3n) is 8.29. The fraction of sp³-hybridized carbons (Fsp3) is 0.455. The van der Waals surface area contributed by atoms with Crippen LogP contribution in [-0.2, 0) is 17.8 Å². The van der Waals surface area contributed by atoms with Crippen molar-refractivity contribution in [2.45, 2.75) is 45.1 Å². The number of para-hydroxylation sites is 1. The quantitative estimate of drug-likeness (QED) is 0.416. The van der Waals surface area contributed by atoms with Crippen molar-refractivity contribution in [3.63, 3.8) is 0 Å². The Balaban J connectivity index is 1.24. The van der Waals surface area contributed by atoms with E-state index in [1.807, 2.05) is 41.4 Å². The number of ether oxygens (including phenoxy) is 3. The van der Waals surface area contributed by atoms with Crippen LogP contribution in [0, 0.1) is 5.41 Å². The molecule has 1 saturated heterocycles. The first-order valence-corrected chi connectivity index (χ1v) is 14.5. The van der Waals surface area contributed by atoms with Crippen molar-refractivity contribution in [1.82, 2.24) is 14.8 Å². The monoisotopic (exact) mass is 543 g/mol. The van der Waals surface area contributed by atoms with E-state index in [2.05, 4.69) is 46.3 Å². The van der Waals surface area contributed by atoms with E-state index in [1.165, 1.54) is 12.0 Å². The second-order valence-electron chi connectivity index (χ2n) is 11.0. The number of rotatable bonds is 6. The number of carbonyl (C=O) groups is 1. The molecule has 7 heteroatoms. The van der Waals surface area contributed by atoms with E-state index in [9.17, 15) is 4.79 Å². The highest BCUT2D eigenvalue weighted by Crippen LogP contribution is 2.39. The van der Waals surface area contributed by atoms with E-state index in [0.717, 1.165) is 82.0 Å². The summed E-state index contributed by atoms with van der Waals surface area (Å²) in [7, 11) is 1.62. The molecule has 1 spiro atoms. The van der Waals surface area contributed by atoms with Crippen LogP contribution in [0.5, 0.6) is 17.2 Å². The minimum atomic E-state index is 0.0428. The summed E-state index contributed by atoms with van der Waals surface area (Å²) >= 11 is 0. The van der Waals surface area contributed by atoms with E-state index in [1.54, 1.807) is 7.11 Å². The Morgan fingerprint density at radius 3 is 2.60 bits per heavy atom. The molecule has 2 aliphatic rings. The van der Waals surface area contributed by atoms with Crippen molar-refractivity contribution in [3.8, 4) is 17.2 Å². The van der Waals surface area contributed by atoms with Gasteiger partial charge in [0.1, 0.15) is 23.9 Å². The number of hydrogen-bond donors (Lipinski definition) is 0. The number of aromatic nitrogens is 1. The normalized spacial score (nSPS) is 18.1. The lowest BCUT2D eigenvalue weighted by Gasteiger charge is -2.45. The van der Waals surface area contributed by atoms with Crippen LogP contribution in [0.4, 0.5) is 0 Å². The zero-order chi connectivity index (χ0) is 27.6. The van der Waals surface area contributed by atoms with Crippen molar-refractivity contribution < 1.29 is 19.0 Å². The van der Waals surface area contributed by atoms with E-state index in [-0.39, 0.29) is 17.9 Å². The minimum Gasteiger partial charge on any atom is -0.497 e. The van der Waals surface area contributed by atoms with Gasteiger partial charge in [-0.05, 0) is 73.4 Å². The average molecular weight is 544 g/mol. The summed E-state index contributed by atoms with van der Waals surface area (Å²) in [5.41, 5.74) is 2.54. The second kappa shape index (κ2) is 13.7. The van der Waals surface area contributed by atoms with Gasteiger partial charge in [-0.3, -0.25) is 14.7 Å². The summed E-state index contributed by atoms with van der Waals surface area (Å²) in [6, 6.07) is 22.0. The maximum absolute atomic E-state index is 13.1. The number of nitrogens with zero attached hydrogens (tertiary/aromatic N) is 3. The van der Waals surface area contributed by atoms with Gasteiger partial charge in [-0.1, -0.05) is 36.8 Å². The molecule has 2 aliphatic heterocycles. The van der Waals surface area contributed by atoms with Gasteiger partial charge in [0, 0.05) is 45.0 Å². The maximum atomic E-state index is 13.1. The first-order valence-electron chi connectivity index (χ1n) is 14.5.